The van der Waals surface area contributed by atoms with Crippen LogP contribution < -0.4 is 4.74 Å². The Morgan fingerprint density at radius 3 is 2.41 bits per heavy atom. The normalized spacial score (nSPS) is 20.8. The van der Waals surface area contributed by atoms with Crippen molar-refractivity contribution in [1.29, 1.82) is 0 Å². The van der Waals surface area contributed by atoms with Crippen LogP contribution in [0.5, 0.6) is 5.75 Å². The van der Waals surface area contributed by atoms with Gasteiger partial charge in [-0.1, -0.05) is 44.2 Å². The Morgan fingerprint density at radius 1 is 1.03 bits per heavy atom. The number of methoxy groups -OCH3 is 1. The third kappa shape index (κ3) is 3.76. The molecule has 0 unspecified atom stereocenters. The second kappa shape index (κ2) is 8.51. The topological polar surface area (TPSA) is 66.8 Å². The zero-order chi connectivity index (χ0) is 24.0. The van der Waals surface area contributed by atoms with E-state index in [1.807, 2.05) is 18.2 Å². The molecule has 174 valence electrons. The third-order valence-electron chi connectivity index (χ3n) is 6.55. The number of benzene rings is 2. The van der Waals surface area contributed by atoms with Gasteiger partial charge in [-0.15, -0.1) is 11.8 Å². The fraction of sp³-hybridized carbons (Fsp3) is 0.286. The van der Waals surface area contributed by atoms with Gasteiger partial charge in [0.2, 0.25) is 0 Å². The van der Waals surface area contributed by atoms with Gasteiger partial charge in [0.1, 0.15) is 11.5 Å². The highest BCUT2D eigenvalue weighted by Gasteiger charge is 2.45. The molecule has 0 radical (unpaired) electrons. The van der Waals surface area contributed by atoms with Crippen molar-refractivity contribution >= 4 is 29.1 Å². The van der Waals surface area contributed by atoms with Crippen molar-refractivity contribution in [2.45, 2.75) is 26.7 Å². The van der Waals surface area contributed by atoms with Crippen molar-refractivity contribution in [2.75, 3.05) is 19.4 Å². The number of aliphatic hydroxyl groups excluding tert-OH is 1. The first-order valence-electron chi connectivity index (χ1n) is 11.4. The van der Waals surface area contributed by atoms with E-state index in [2.05, 4.69) is 18.7 Å². The highest BCUT2D eigenvalue weighted by molar-refractivity contribution is 8.03. The maximum absolute atomic E-state index is 14.0. The summed E-state index contributed by atoms with van der Waals surface area (Å²) in [6.45, 7) is 4.93. The van der Waals surface area contributed by atoms with Gasteiger partial charge in [0, 0.05) is 46.7 Å². The van der Waals surface area contributed by atoms with Gasteiger partial charge in [-0.25, -0.2) is 0 Å². The lowest BCUT2D eigenvalue weighted by Crippen LogP contribution is -2.37. The minimum Gasteiger partial charge on any atom is -0.507 e. The number of aliphatic hydroxyl groups is 1. The second-order valence-corrected chi connectivity index (χ2v) is 10.7. The predicted molar refractivity (Wildman–Crippen MR) is 135 cm³/mol. The van der Waals surface area contributed by atoms with E-state index in [-0.39, 0.29) is 22.7 Å². The van der Waals surface area contributed by atoms with E-state index >= 15 is 0 Å². The number of carbonyl (C=O) groups is 2. The molecule has 6 heteroatoms. The monoisotopic (exact) mass is 473 g/mol. The zero-order valence-corrected chi connectivity index (χ0v) is 20.4. The van der Waals surface area contributed by atoms with Crippen molar-refractivity contribution in [1.82, 2.24) is 4.90 Å². The van der Waals surface area contributed by atoms with Crippen molar-refractivity contribution in [2.24, 2.45) is 5.41 Å². The minimum absolute atomic E-state index is 0.0280. The van der Waals surface area contributed by atoms with Crippen LogP contribution in [-0.2, 0) is 4.79 Å². The highest BCUT2D eigenvalue weighted by atomic mass is 32.2. The molecule has 0 aromatic heterocycles. The second-order valence-electron chi connectivity index (χ2n) is 9.59. The molecular weight excluding hydrogens is 446 g/mol. The molecule has 0 bridgehead atoms. The molecule has 2 aliphatic heterocycles. The summed E-state index contributed by atoms with van der Waals surface area (Å²) in [5.74, 6) is 1.21. The van der Waals surface area contributed by atoms with Crippen LogP contribution in [0.15, 0.2) is 82.0 Å². The Hall–Kier alpha value is -3.25. The maximum Gasteiger partial charge on any atom is 0.196 e. The quantitative estimate of drug-likeness (QED) is 0.450. The van der Waals surface area contributed by atoms with Crippen LogP contribution in [0.4, 0.5) is 0 Å². The molecule has 1 fully saturated rings. The Labute approximate surface area is 203 Å². The first-order valence-corrected chi connectivity index (χ1v) is 12.4. The summed E-state index contributed by atoms with van der Waals surface area (Å²) in [6.07, 6.45) is 1.09. The molecule has 5 nitrogen and oxygen atoms in total. The molecular formula is C28H27NO4S. The fourth-order valence-corrected chi connectivity index (χ4v) is 6.15. The largest absolute Gasteiger partial charge is 0.507 e. The van der Waals surface area contributed by atoms with Crippen molar-refractivity contribution < 1.29 is 19.4 Å². The number of thioether (sulfide) groups is 1. The fourth-order valence-electron chi connectivity index (χ4n) is 4.99. The van der Waals surface area contributed by atoms with E-state index in [0.29, 0.717) is 46.4 Å². The summed E-state index contributed by atoms with van der Waals surface area (Å²) in [5, 5.41) is 12.4. The van der Waals surface area contributed by atoms with Crippen LogP contribution in [0, 0.1) is 5.41 Å². The SMILES string of the molecule is COc1ccc(C(=O)C2=C3SCCN3C3=C(C(=O)CC(C)(C)C3)C2=C(O)c2ccccc2)cc1. The molecule has 34 heavy (non-hydrogen) atoms. The van der Waals surface area contributed by atoms with Gasteiger partial charge in [0.15, 0.2) is 11.6 Å². The lowest BCUT2D eigenvalue weighted by molar-refractivity contribution is -0.118. The molecule has 0 atom stereocenters. The summed E-state index contributed by atoms with van der Waals surface area (Å²) < 4.78 is 5.25. The number of nitrogens with zero attached hydrogens (tertiary/aromatic N) is 1. The van der Waals surface area contributed by atoms with E-state index in [4.69, 9.17) is 4.74 Å². The molecule has 1 N–H and O–H groups in total. The van der Waals surface area contributed by atoms with E-state index in [9.17, 15) is 14.7 Å². The number of hydrogen-bond donors (Lipinski definition) is 1. The first-order chi connectivity index (χ1) is 16.3. The third-order valence-corrected chi connectivity index (χ3v) is 7.64. The van der Waals surface area contributed by atoms with Crippen LogP contribution in [0.1, 0.15) is 42.6 Å². The lowest BCUT2D eigenvalue weighted by Gasteiger charge is -2.41. The van der Waals surface area contributed by atoms with Gasteiger partial charge >= 0.3 is 0 Å². The summed E-state index contributed by atoms with van der Waals surface area (Å²) in [4.78, 5) is 29.7. The molecule has 0 spiro atoms. The molecule has 2 aromatic carbocycles. The van der Waals surface area contributed by atoms with Gasteiger partial charge in [-0.3, -0.25) is 9.59 Å². The van der Waals surface area contributed by atoms with Crippen LogP contribution >= 0.6 is 11.8 Å². The van der Waals surface area contributed by atoms with Crippen LogP contribution in [0.2, 0.25) is 0 Å². The van der Waals surface area contributed by atoms with Gasteiger partial charge in [0.05, 0.1) is 17.7 Å². The molecule has 0 saturated carbocycles. The molecule has 3 aliphatic rings. The summed E-state index contributed by atoms with van der Waals surface area (Å²) >= 11 is 1.61. The number of fused-ring (bicyclic) bond motifs is 2. The average molecular weight is 474 g/mol. The van der Waals surface area contributed by atoms with Crippen molar-refractivity contribution in [3.05, 3.63) is 93.2 Å². The molecule has 1 aliphatic carbocycles. The van der Waals surface area contributed by atoms with E-state index in [1.54, 1.807) is 55.3 Å². The summed E-state index contributed by atoms with van der Waals surface area (Å²) in [7, 11) is 1.58. The molecule has 5 rings (SSSR count). The predicted octanol–water partition coefficient (Wildman–Crippen LogP) is 5.76. The number of Topliss-reactive ketones (excluding diaryl/α,β-unsaturated/α-hetero) is 2. The Kier molecular flexibility index (Phi) is 5.64. The molecule has 1 saturated heterocycles. The first kappa shape index (κ1) is 22.5. The number of ketones is 2. The summed E-state index contributed by atoms with van der Waals surface area (Å²) in [5.41, 5.74) is 3.07. The molecule has 2 aromatic rings. The Balaban J connectivity index is 1.76. The standard InChI is InChI=1S/C28H27NO4S/c1-28(2)15-20-22(21(30)16-28)23(25(31)17-7-5-4-6-8-17)24(27-29(20)13-14-34-27)26(32)18-9-11-19(33-3)12-10-18/h4-12,31H,13-16H2,1-3H3. The van der Waals surface area contributed by atoms with Gasteiger partial charge in [0.25, 0.3) is 0 Å². The van der Waals surface area contributed by atoms with Crippen LogP contribution in [0.3, 0.4) is 0 Å². The minimum atomic E-state index is -0.210. The zero-order valence-electron chi connectivity index (χ0n) is 19.6. The smallest absolute Gasteiger partial charge is 0.196 e. The van der Waals surface area contributed by atoms with Crippen LogP contribution in [-0.4, -0.2) is 41.0 Å². The van der Waals surface area contributed by atoms with E-state index in [0.717, 1.165) is 23.0 Å². The number of hydrogen-bond acceptors (Lipinski definition) is 6. The molecule has 2 heterocycles. The molecule has 0 amide bonds. The van der Waals surface area contributed by atoms with E-state index < -0.39 is 0 Å². The van der Waals surface area contributed by atoms with Gasteiger partial charge in [-0.05, 0) is 36.1 Å². The summed E-state index contributed by atoms with van der Waals surface area (Å²) in [6, 6.07) is 16.1. The van der Waals surface area contributed by atoms with Crippen LogP contribution in [0.25, 0.3) is 5.76 Å². The van der Waals surface area contributed by atoms with Gasteiger partial charge < -0.3 is 14.7 Å². The Bertz CT molecular complexity index is 1270. The van der Waals surface area contributed by atoms with Crippen molar-refractivity contribution in [3.8, 4) is 5.75 Å². The van der Waals surface area contributed by atoms with E-state index in [1.165, 1.54) is 0 Å². The average Bonchev–Trinajstić information content (AvgIpc) is 3.32. The number of rotatable bonds is 4. The highest BCUT2D eigenvalue weighted by Crippen LogP contribution is 2.52. The number of allylic oxidation sites excluding steroid dienone is 4. The number of carbonyl (C=O) groups excluding carboxylic acids is 2. The Morgan fingerprint density at radius 2 is 1.74 bits per heavy atom. The van der Waals surface area contributed by atoms with Gasteiger partial charge in [-0.2, -0.15) is 0 Å². The lowest BCUT2D eigenvalue weighted by atomic mass is 9.71. The van der Waals surface area contributed by atoms with Crippen molar-refractivity contribution in [3.63, 3.8) is 0 Å². The maximum atomic E-state index is 14.0. The number of ether oxygens (including phenoxy) is 1.